The summed E-state index contributed by atoms with van der Waals surface area (Å²) in [7, 11) is 4.55. The lowest BCUT2D eigenvalue weighted by molar-refractivity contribution is -0.926. The van der Waals surface area contributed by atoms with Gasteiger partial charge in [0.15, 0.2) is 0 Å². The van der Waals surface area contributed by atoms with Gasteiger partial charge in [-0.3, -0.25) is 4.79 Å². The highest BCUT2D eigenvalue weighted by molar-refractivity contribution is 5.80. The van der Waals surface area contributed by atoms with Crippen molar-refractivity contribution in [3.8, 4) is 0 Å². The van der Waals surface area contributed by atoms with Crippen molar-refractivity contribution in [3.05, 3.63) is 0 Å². The van der Waals surface area contributed by atoms with Crippen molar-refractivity contribution in [1.29, 1.82) is 0 Å². The fraction of sp³-hybridized carbons (Fsp3) is 0.889. The highest BCUT2D eigenvalue weighted by Crippen LogP contribution is 2.37. The van der Waals surface area contributed by atoms with Crippen LogP contribution in [0.5, 0.6) is 0 Å². The minimum Gasteiger partial charge on any atom is -0.323 e. The van der Waals surface area contributed by atoms with Gasteiger partial charge in [0.2, 0.25) is 0 Å². The van der Waals surface area contributed by atoms with Gasteiger partial charge >= 0.3 is 0 Å². The molecule has 2 aliphatic rings. The van der Waals surface area contributed by atoms with Gasteiger partial charge in [0.05, 0.1) is 39.0 Å². The van der Waals surface area contributed by atoms with Crippen LogP contribution in [0.1, 0.15) is 25.7 Å². The third-order valence-electron chi connectivity index (χ3n) is 3.64. The number of carbonyl (C=O) groups is 1. The lowest BCUT2D eigenvalue weighted by Gasteiger charge is -2.40. The Morgan fingerprint density at radius 1 is 1.18 bits per heavy atom. The molecule has 0 unspecified atom stereocenters. The highest BCUT2D eigenvalue weighted by Gasteiger charge is 2.48. The molecule has 2 aliphatic heterocycles. The van der Waals surface area contributed by atoms with Crippen LogP contribution < -0.4 is 0 Å². The zero-order valence-corrected chi connectivity index (χ0v) is 7.34. The largest absolute Gasteiger partial charge is 0.323 e. The summed E-state index contributed by atoms with van der Waals surface area (Å²) in [5, 5.41) is 0. The summed E-state index contributed by atoms with van der Waals surface area (Å²) in [4.78, 5) is 11.2. The maximum atomic E-state index is 11.2. The highest BCUT2D eigenvalue weighted by atomic mass is 16.1. The third-order valence-corrected chi connectivity index (χ3v) is 3.64. The Hall–Kier alpha value is -0.370. The van der Waals surface area contributed by atoms with Crippen molar-refractivity contribution in [2.75, 3.05) is 14.1 Å². The molecular weight excluding hydrogens is 138 g/mol. The van der Waals surface area contributed by atoms with E-state index >= 15 is 0 Å². The van der Waals surface area contributed by atoms with Gasteiger partial charge in [-0.1, -0.05) is 0 Å². The van der Waals surface area contributed by atoms with Crippen LogP contribution in [0.25, 0.3) is 0 Å². The van der Waals surface area contributed by atoms with E-state index in [0.717, 1.165) is 17.3 Å². The first kappa shape index (κ1) is 7.29. The maximum absolute atomic E-state index is 11.2. The lowest BCUT2D eigenvalue weighted by atomic mass is 10.00. The Balaban J connectivity index is 2.25. The van der Waals surface area contributed by atoms with E-state index in [9.17, 15) is 4.79 Å². The van der Waals surface area contributed by atoms with Gasteiger partial charge in [0.25, 0.3) is 0 Å². The Bertz CT molecular complexity index is 180. The zero-order chi connectivity index (χ0) is 8.06. The molecule has 2 saturated heterocycles. The summed E-state index contributed by atoms with van der Waals surface area (Å²) in [6, 6.07) is 1.28. The second-order valence-corrected chi connectivity index (χ2v) is 4.46. The Kier molecular flexibility index (Phi) is 1.37. The van der Waals surface area contributed by atoms with E-state index in [1.165, 1.54) is 12.8 Å². The normalized spacial score (nSPS) is 41.1. The molecule has 0 spiro atoms. The molecule has 0 aromatic heterocycles. The Labute approximate surface area is 67.8 Å². The van der Waals surface area contributed by atoms with Crippen molar-refractivity contribution in [2.45, 2.75) is 37.8 Å². The number of nitrogens with zero attached hydrogens (tertiary/aromatic N) is 1. The smallest absolute Gasteiger partial charge is 0.144 e. The number of Topliss-reactive ketones (excluding diaryl/α,β-unsaturated/α-hetero) is 1. The molecule has 0 radical (unpaired) electrons. The minimum absolute atomic E-state index is 0.495. The minimum atomic E-state index is 0.495. The van der Waals surface area contributed by atoms with E-state index in [0.29, 0.717) is 17.9 Å². The Morgan fingerprint density at radius 2 is 1.64 bits per heavy atom. The molecule has 0 aromatic carbocycles. The molecule has 2 rings (SSSR count). The molecule has 2 atom stereocenters. The van der Waals surface area contributed by atoms with Gasteiger partial charge in [-0.15, -0.1) is 0 Å². The van der Waals surface area contributed by atoms with Crippen LogP contribution in [0.2, 0.25) is 0 Å². The van der Waals surface area contributed by atoms with Crippen molar-refractivity contribution in [2.24, 2.45) is 0 Å². The SMILES string of the molecule is C[N+]1(C)[C@H]2CC[C@H]1CC(=O)C2. The monoisotopic (exact) mass is 154 g/mol. The fourth-order valence-corrected chi connectivity index (χ4v) is 2.63. The first-order valence-electron chi connectivity index (χ1n) is 4.46. The molecule has 2 heterocycles. The van der Waals surface area contributed by atoms with Crippen LogP contribution in [-0.2, 0) is 4.79 Å². The molecule has 2 fully saturated rings. The molecule has 2 nitrogen and oxygen atoms in total. The number of ketones is 1. The summed E-state index contributed by atoms with van der Waals surface area (Å²) in [5.74, 6) is 0.495. The van der Waals surface area contributed by atoms with E-state index in [1.54, 1.807) is 0 Å². The van der Waals surface area contributed by atoms with Crippen LogP contribution in [0.4, 0.5) is 0 Å². The molecule has 0 N–H and O–H groups in total. The summed E-state index contributed by atoms with van der Waals surface area (Å²) < 4.78 is 1.10. The van der Waals surface area contributed by atoms with Crippen molar-refractivity contribution >= 4 is 5.78 Å². The molecule has 11 heavy (non-hydrogen) atoms. The van der Waals surface area contributed by atoms with Crippen LogP contribution in [0.3, 0.4) is 0 Å². The predicted molar refractivity (Wildman–Crippen MR) is 43.2 cm³/mol. The third kappa shape index (κ3) is 0.924. The molecule has 0 amide bonds. The molecule has 0 aliphatic carbocycles. The number of quaternary nitrogens is 1. The zero-order valence-electron chi connectivity index (χ0n) is 7.34. The van der Waals surface area contributed by atoms with E-state index in [-0.39, 0.29) is 0 Å². The van der Waals surface area contributed by atoms with Gasteiger partial charge in [-0.2, -0.15) is 0 Å². The summed E-state index contributed by atoms with van der Waals surface area (Å²) in [6.07, 6.45) is 4.21. The molecule has 62 valence electrons. The lowest BCUT2D eigenvalue weighted by Crippen LogP contribution is -2.54. The first-order valence-corrected chi connectivity index (χ1v) is 4.46. The van der Waals surface area contributed by atoms with Crippen molar-refractivity contribution in [3.63, 3.8) is 0 Å². The second-order valence-electron chi connectivity index (χ2n) is 4.46. The van der Waals surface area contributed by atoms with Crippen molar-refractivity contribution < 1.29 is 9.28 Å². The van der Waals surface area contributed by atoms with Crippen LogP contribution in [0, 0.1) is 0 Å². The van der Waals surface area contributed by atoms with E-state index in [1.807, 2.05) is 0 Å². The van der Waals surface area contributed by atoms with Gasteiger partial charge in [-0.25, -0.2) is 0 Å². The number of hydrogen-bond acceptors (Lipinski definition) is 1. The predicted octanol–water partition coefficient (Wildman–Crippen LogP) is 0.957. The van der Waals surface area contributed by atoms with Crippen molar-refractivity contribution in [1.82, 2.24) is 0 Å². The molecule has 0 saturated carbocycles. The van der Waals surface area contributed by atoms with Crippen LogP contribution in [0.15, 0.2) is 0 Å². The fourth-order valence-electron chi connectivity index (χ4n) is 2.63. The quantitative estimate of drug-likeness (QED) is 0.475. The summed E-state index contributed by atoms with van der Waals surface area (Å²) >= 11 is 0. The van der Waals surface area contributed by atoms with E-state index in [4.69, 9.17) is 0 Å². The second kappa shape index (κ2) is 2.07. The average Bonchev–Trinajstić information content (AvgIpc) is 2.19. The van der Waals surface area contributed by atoms with Crippen LogP contribution in [-0.4, -0.2) is 36.4 Å². The average molecular weight is 154 g/mol. The van der Waals surface area contributed by atoms with E-state index in [2.05, 4.69) is 14.1 Å². The Morgan fingerprint density at radius 3 is 2.09 bits per heavy atom. The molecule has 0 aromatic rings. The topological polar surface area (TPSA) is 17.1 Å². The maximum Gasteiger partial charge on any atom is 0.144 e. The summed E-state index contributed by atoms with van der Waals surface area (Å²) in [6.45, 7) is 0. The number of hydrogen-bond donors (Lipinski definition) is 0. The van der Waals surface area contributed by atoms with Gasteiger partial charge in [0, 0.05) is 12.8 Å². The van der Waals surface area contributed by atoms with Gasteiger partial charge in [-0.05, 0) is 0 Å². The first-order chi connectivity index (χ1) is 5.10. The van der Waals surface area contributed by atoms with Gasteiger partial charge in [0.1, 0.15) is 5.78 Å². The molecule has 2 heteroatoms. The van der Waals surface area contributed by atoms with Gasteiger partial charge < -0.3 is 4.48 Å². The number of rotatable bonds is 0. The molecular formula is C9H16NO+. The standard InChI is InChI=1S/C9H16NO/c1-10(2)7-3-4-8(10)6-9(11)5-7/h7-8H,3-6H2,1-2H3/q+1/t7-,8-/m0/s1. The number of fused-ring (bicyclic) bond motifs is 2. The molecule has 2 bridgehead atoms. The number of piperidine rings is 1. The summed E-state index contributed by atoms with van der Waals surface area (Å²) in [5.41, 5.74) is 0. The number of carbonyl (C=O) groups excluding carboxylic acids is 1. The van der Waals surface area contributed by atoms with Crippen LogP contribution >= 0.6 is 0 Å². The van der Waals surface area contributed by atoms with E-state index < -0.39 is 0 Å².